The van der Waals surface area contributed by atoms with Gasteiger partial charge >= 0.3 is 6.18 Å². The van der Waals surface area contributed by atoms with Crippen molar-refractivity contribution >= 4 is 22.4 Å². The van der Waals surface area contributed by atoms with E-state index in [1.165, 1.54) is 18.3 Å². The molecule has 2 heterocycles. The number of thiazole rings is 1. The summed E-state index contributed by atoms with van der Waals surface area (Å²) in [6.45, 7) is 3.13. The highest BCUT2D eigenvalue weighted by atomic mass is 32.1. The largest absolute Gasteiger partial charge is 0.433 e. The van der Waals surface area contributed by atoms with Crippen LogP contribution in [0.25, 0.3) is 0 Å². The number of amides is 1. The third kappa shape index (κ3) is 3.13. The summed E-state index contributed by atoms with van der Waals surface area (Å²) in [4.78, 5) is 19.4. The van der Waals surface area contributed by atoms with Crippen LogP contribution in [0, 0.1) is 13.8 Å². The van der Waals surface area contributed by atoms with Gasteiger partial charge in [-0.3, -0.25) is 10.1 Å². The number of carbonyl (C=O) groups excluding carboxylic acids is 1. The molecule has 20 heavy (non-hydrogen) atoms. The van der Waals surface area contributed by atoms with Crippen molar-refractivity contribution in [3.05, 3.63) is 40.2 Å². The first-order valence-electron chi connectivity index (χ1n) is 5.55. The van der Waals surface area contributed by atoms with E-state index in [0.717, 1.165) is 17.8 Å². The molecule has 4 nitrogen and oxygen atoms in total. The van der Waals surface area contributed by atoms with Crippen LogP contribution in [-0.2, 0) is 6.18 Å². The second-order valence-corrected chi connectivity index (χ2v) is 4.93. The highest BCUT2D eigenvalue weighted by molar-refractivity contribution is 7.13. The SMILES string of the molecule is Cc1csc(NC(=O)c2ccc(C(F)(F)F)nc2C)n1. The lowest BCUT2D eigenvalue weighted by molar-refractivity contribution is -0.141. The Bertz CT molecular complexity index is 652. The number of aromatic nitrogens is 2. The van der Waals surface area contributed by atoms with Crippen molar-refractivity contribution < 1.29 is 18.0 Å². The van der Waals surface area contributed by atoms with Crippen LogP contribution < -0.4 is 5.32 Å². The van der Waals surface area contributed by atoms with Gasteiger partial charge < -0.3 is 0 Å². The molecule has 2 aromatic heterocycles. The first-order chi connectivity index (χ1) is 9.27. The first-order valence-corrected chi connectivity index (χ1v) is 6.43. The summed E-state index contributed by atoms with van der Waals surface area (Å²) in [6.07, 6.45) is -4.52. The summed E-state index contributed by atoms with van der Waals surface area (Å²) in [5.41, 5.74) is -0.152. The monoisotopic (exact) mass is 301 g/mol. The maximum Gasteiger partial charge on any atom is 0.433 e. The quantitative estimate of drug-likeness (QED) is 0.924. The van der Waals surface area contributed by atoms with Gasteiger partial charge in [0.25, 0.3) is 5.91 Å². The number of aryl methyl sites for hydroxylation is 2. The molecule has 106 valence electrons. The van der Waals surface area contributed by atoms with Gasteiger partial charge in [-0.1, -0.05) is 0 Å². The molecule has 1 N–H and O–H groups in total. The minimum atomic E-state index is -4.52. The summed E-state index contributed by atoms with van der Waals surface area (Å²) in [5, 5.41) is 4.68. The van der Waals surface area contributed by atoms with Crippen molar-refractivity contribution in [2.24, 2.45) is 0 Å². The standard InChI is InChI=1S/C12H10F3N3OS/c1-6-5-20-11(16-6)18-10(19)8-3-4-9(12(13,14)15)17-7(8)2/h3-5H,1-2H3,(H,16,18,19). The van der Waals surface area contributed by atoms with E-state index in [1.807, 2.05) is 0 Å². The normalized spacial score (nSPS) is 11.4. The zero-order valence-electron chi connectivity index (χ0n) is 10.6. The van der Waals surface area contributed by atoms with Crippen molar-refractivity contribution in [3.63, 3.8) is 0 Å². The van der Waals surface area contributed by atoms with Crippen LogP contribution in [0.1, 0.15) is 27.4 Å². The fraction of sp³-hybridized carbons (Fsp3) is 0.250. The highest BCUT2D eigenvalue weighted by Gasteiger charge is 2.33. The molecule has 0 bridgehead atoms. The van der Waals surface area contributed by atoms with E-state index in [-0.39, 0.29) is 11.3 Å². The van der Waals surface area contributed by atoms with E-state index in [4.69, 9.17) is 0 Å². The van der Waals surface area contributed by atoms with Crippen LogP contribution in [0.2, 0.25) is 0 Å². The smallest absolute Gasteiger partial charge is 0.298 e. The Morgan fingerprint density at radius 1 is 1.25 bits per heavy atom. The molecule has 0 saturated heterocycles. The zero-order valence-corrected chi connectivity index (χ0v) is 11.4. The summed E-state index contributed by atoms with van der Waals surface area (Å²) in [6, 6.07) is 1.90. The van der Waals surface area contributed by atoms with Crippen molar-refractivity contribution in [1.82, 2.24) is 9.97 Å². The minimum Gasteiger partial charge on any atom is -0.298 e. The van der Waals surface area contributed by atoms with Gasteiger partial charge in [0.2, 0.25) is 0 Å². The van der Waals surface area contributed by atoms with Crippen molar-refractivity contribution in [1.29, 1.82) is 0 Å². The van der Waals surface area contributed by atoms with Crippen LogP contribution in [0.3, 0.4) is 0 Å². The van der Waals surface area contributed by atoms with Gasteiger partial charge in [-0.2, -0.15) is 13.2 Å². The lowest BCUT2D eigenvalue weighted by Gasteiger charge is -2.09. The maximum absolute atomic E-state index is 12.5. The summed E-state index contributed by atoms with van der Waals surface area (Å²) >= 11 is 1.24. The second-order valence-electron chi connectivity index (χ2n) is 4.08. The second kappa shape index (κ2) is 5.20. The molecule has 0 unspecified atom stereocenters. The molecule has 0 radical (unpaired) electrons. The first kappa shape index (κ1) is 14.4. The molecular weight excluding hydrogens is 291 g/mol. The molecule has 0 atom stereocenters. The summed E-state index contributed by atoms with van der Waals surface area (Å²) < 4.78 is 37.4. The Morgan fingerprint density at radius 3 is 2.45 bits per heavy atom. The van der Waals surface area contributed by atoms with Crippen molar-refractivity contribution in [2.45, 2.75) is 20.0 Å². The number of hydrogen-bond acceptors (Lipinski definition) is 4. The number of hydrogen-bond donors (Lipinski definition) is 1. The summed E-state index contributed by atoms with van der Waals surface area (Å²) in [5.74, 6) is -0.530. The van der Waals surface area contributed by atoms with Crippen molar-refractivity contribution in [3.8, 4) is 0 Å². The number of anilines is 1. The maximum atomic E-state index is 12.5. The molecule has 0 spiro atoms. The Hall–Kier alpha value is -1.96. The Kier molecular flexibility index (Phi) is 3.76. The molecule has 0 fully saturated rings. The summed E-state index contributed by atoms with van der Waals surface area (Å²) in [7, 11) is 0. The Morgan fingerprint density at radius 2 is 1.95 bits per heavy atom. The topological polar surface area (TPSA) is 54.9 Å². The molecule has 0 aliphatic rings. The number of pyridine rings is 1. The van der Waals surface area contributed by atoms with Crippen LogP contribution in [0.5, 0.6) is 0 Å². The average Bonchev–Trinajstić information content (AvgIpc) is 2.73. The lowest BCUT2D eigenvalue weighted by atomic mass is 10.1. The molecule has 0 aromatic carbocycles. The van der Waals surface area contributed by atoms with Crippen LogP contribution >= 0.6 is 11.3 Å². The third-order valence-electron chi connectivity index (χ3n) is 2.46. The molecule has 8 heteroatoms. The van der Waals surface area contributed by atoms with Crippen LogP contribution in [0.4, 0.5) is 18.3 Å². The van der Waals surface area contributed by atoms with Crippen LogP contribution in [0.15, 0.2) is 17.5 Å². The van der Waals surface area contributed by atoms with E-state index in [9.17, 15) is 18.0 Å². The average molecular weight is 301 g/mol. The number of alkyl halides is 3. The van der Waals surface area contributed by atoms with E-state index in [1.54, 1.807) is 12.3 Å². The Balaban J connectivity index is 2.22. The van der Waals surface area contributed by atoms with Gasteiger partial charge in [0, 0.05) is 5.38 Å². The van der Waals surface area contributed by atoms with Gasteiger partial charge in [0.15, 0.2) is 5.13 Å². The van der Waals surface area contributed by atoms with Gasteiger partial charge in [-0.25, -0.2) is 9.97 Å². The number of carbonyl (C=O) groups is 1. The highest BCUT2D eigenvalue weighted by Crippen LogP contribution is 2.28. The molecule has 2 rings (SSSR count). The molecule has 0 aliphatic carbocycles. The van der Waals surface area contributed by atoms with Gasteiger partial charge in [0.1, 0.15) is 5.69 Å². The molecular formula is C12H10F3N3OS. The lowest BCUT2D eigenvalue weighted by Crippen LogP contribution is -2.16. The number of nitrogens with one attached hydrogen (secondary N) is 1. The predicted molar refractivity (Wildman–Crippen MR) is 68.8 cm³/mol. The van der Waals surface area contributed by atoms with E-state index >= 15 is 0 Å². The third-order valence-corrected chi connectivity index (χ3v) is 3.34. The molecule has 0 aliphatic heterocycles. The Labute approximate surface area is 116 Å². The fourth-order valence-electron chi connectivity index (χ4n) is 1.53. The van der Waals surface area contributed by atoms with Crippen LogP contribution in [-0.4, -0.2) is 15.9 Å². The fourth-order valence-corrected chi connectivity index (χ4v) is 2.22. The number of rotatable bonds is 2. The van der Waals surface area contributed by atoms with E-state index in [2.05, 4.69) is 15.3 Å². The van der Waals surface area contributed by atoms with Gasteiger partial charge in [-0.15, -0.1) is 11.3 Å². The van der Waals surface area contributed by atoms with Crippen molar-refractivity contribution in [2.75, 3.05) is 5.32 Å². The van der Waals surface area contributed by atoms with E-state index < -0.39 is 17.8 Å². The molecule has 0 saturated carbocycles. The zero-order chi connectivity index (χ0) is 14.9. The van der Waals surface area contributed by atoms with Gasteiger partial charge in [-0.05, 0) is 26.0 Å². The number of nitrogens with zero attached hydrogens (tertiary/aromatic N) is 2. The molecule has 2 aromatic rings. The minimum absolute atomic E-state index is 0.0191. The van der Waals surface area contributed by atoms with Gasteiger partial charge in [0.05, 0.1) is 17.0 Å². The molecule has 1 amide bonds. The number of halogens is 3. The van der Waals surface area contributed by atoms with E-state index in [0.29, 0.717) is 5.13 Å². The predicted octanol–water partition coefficient (Wildman–Crippen LogP) is 3.43.